The monoisotopic (exact) mass is 382 g/mol. The third-order valence-electron chi connectivity index (χ3n) is 2.18. The SMILES string of the molecule is O[CH-]P(c1ccccc1)c1ccccc1.[C-]#[O+].[C-]#[O+].[C-]#[O+].[C-]#[O+].[Mn]. The van der Waals surface area contributed by atoms with E-state index in [0.29, 0.717) is 0 Å². The Morgan fingerprint density at radius 2 is 0.875 bits per heavy atom. The molecule has 2 aromatic carbocycles. The van der Waals surface area contributed by atoms with Crippen LogP contribution in [0.3, 0.4) is 0 Å². The summed E-state index contributed by atoms with van der Waals surface area (Å²) in [6.07, 6.45) is 1.31. The molecule has 0 amide bonds. The average molecular weight is 382 g/mol. The van der Waals surface area contributed by atoms with Gasteiger partial charge in [0.1, 0.15) is 0 Å². The van der Waals surface area contributed by atoms with Gasteiger partial charge in [0, 0.05) is 17.1 Å². The number of rotatable bonds is 3. The topological polar surface area (TPSA) is 99.8 Å². The predicted octanol–water partition coefficient (Wildman–Crippen LogP) is 2.46. The van der Waals surface area contributed by atoms with Crippen molar-refractivity contribution in [1.29, 1.82) is 0 Å². The van der Waals surface area contributed by atoms with Crippen molar-refractivity contribution in [3.63, 3.8) is 0 Å². The molecule has 0 aliphatic heterocycles. The van der Waals surface area contributed by atoms with Gasteiger partial charge in [0.25, 0.3) is 0 Å². The maximum atomic E-state index is 9.34. The summed E-state index contributed by atoms with van der Waals surface area (Å²) < 4.78 is 30.0. The molecule has 1 radical (unpaired) electrons. The number of benzene rings is 2. The van der Waals surface area contributed by atoms with Gasteiger partial charge in [-0.15, -0.1) is 0 Å². The molecule has 1 N–H and O–H groups in total. The van der Waals surface area contributed by atoms with Gasteiger partial charge >= 0.3 is 45.2 Å². The zero-order valence-electron chi connectivity index (χ0n) is 12.3. The van der Waals surface area contributed by atoms with E-state index in [1.165, 1.54) is 17.0 Å². The van der Waals surface area contributed by atoms with E-state index in [1.54, 1.807) is 0 Å². The van der Waals surface area contributed by atoms with Crippen molar-refractivity contribution in [2.75, 3.05) is 0 Å². The Bertz CT molecular complexity index is 504. The molecule has 0 fully saturated rings. The quantitative estimate of drug-likeness (QED) is 0.375. The van der Waals surface area contributed by atoms with Crippen molar-refractivity contribution in [1.82, 2.24) is 0 Å². The van der Waals surface area contributed by atoms with E-state index in [4.69, 9.17) is 18.6 Å². The van der Waals surface area contributed by atoms with Crippen LogP contribution < -0.4 is 10.6 Å². The molecule has 7 heteroatoms. The van der Waals surface area contributed by atoms with Gasteiger partial charge in [-0.2, -0.15) is 14.3 Å². The molecule has 24 heavy (non-hydrogen) atoms. The Morgan fingerprint density at radius 1 is 0.625 bits per heavy atom. The third kappa shape index (κ3) is 12.8. The van der Waals surface area contributed by atoms with E-state index in [1.807, 2.05) is 60.7 Å². The second-order valence-electron chi connectivity index (χ2n) is 3.16. The molecule has 2 rings (SSSR count). The van der Waals surface area contributed by atoms with Crippen molar-refractivity contribution in [2.45, 2.75) is 0 Å². The molecule has 0 saturated carbocycles. The van der Waals surface area contributed by atoms with Crippen LogP contribution >= 0.6 is 7.92 Å². The zero-order chi connectivity index (χ0) is 18.5. The molecular formula is C17H12MnO5P-. The third-order valence-corrected chi connectivity index (χ3v) is 4.12. The van der Waals surface area contributed by atoms with Gasteiger partial charge in [0.2, 0.25) is 0 Å². The largest absolute Gasteiger partial charge is 0 e. The van der Waals surface area contributed by atoms with Crippen molar-refractivity contribution in [2.24, 2.45) is 0 Å². The van der Waals surface area contributed by atoms with E-state index in [9.17, 15) is 5.11 Å². The first-order valence-electron chi connectivity index (χ1n) is 5.60. The summed E-state index contributed by atoms with van der Waals surface area (Å²) in [4.78, 5) is 0. The van der Waals surface area contributed by atoms with Crippen LogP contribution in [0.15, 0.2) is 60.7 Å². The number of hydrogen-bond acceptors (Lipinski definition) is 1. The minimum absolute atomic E-state index is 0. The summed E-state index contributed by atoms with van der Waals surface area (Å²) in [6, 6.07) is 20.1. The summed E-state index contributed by atoms with van der Waals surface area (Å²) in [5.41, 5.74) is 0. The fourth-order valence-corrected chi connectivity index (χ4v) is 3.01. The fraction of sp³-hybridized carbons (Fsp3) is 0. The predicted molar refractivity (Wildman–Crippen MR) is 81.0 cm³/mol. The van der Waals surface area contributed by atoms with Crippen molar-refractivity contribution in [3.05, 3.63) is 93.6 Å². The van der Waals surface area contributed by atoms with Crippen molar-refractivity contribution < 1.29 is 40.8 Å². The molecule has 0 saturated heterocycles. The van der Waals surface area contributed by atoms with Crippen LogP contribution in [0.5, 0.6) is 0 Å². The average Bonchev–Trinajstić information content (AvgIpc) is 2.70. The molecule has 0 bridgehead atoms. The van der Waals surface area contributed by atoms with E-state index >= 15 is 0 Å². The van der Waals surface area contributed by atoms with Gasteiger partial charge in [-0.1, -0.05) is 60.7 Å². The van der Waals surface area contributed by atoms with E-state index in [0.717, 1.165) is 0 Å². The second-order valence-corrected chi connectivity index (χ2v) is 5.16. The first-order valence-corrected chi connectivity index (χ1v) is 7.01. The Morgan fingerprint density at radius 3 is 1.08 bits per heavy atom. The molecule has 123 valence electrons. The van der Waals surface area contributed by atoms with Crippen LogP contribution in [0.2, 0.25) is 0 Å². The van der Waals surface area contributed by atoms with Gasteiger partial charge in [-0.05, 0) is 10.6 Å². The Labute approximate surface area is 153 Å². The van der Waals surface area contributed by atoms with Gasteiger partial charge in [0.15, 0.2) is 0 Å². The molecular weight excluding hydrogens is 370 g/mol. The number of hydrogen-bond donors (Lipinski definition) is 1. The van der Waals surface area contributed by atoms with E-state index in [-0.39, 0.29) is 17.1 Å². The first-order chi connectivity index (χ1) is 11.4. The van der Waals surface area contributed by atoms with Crippen LogP contribution in [0.4, 0.5) is 0 Å². The minimum Gasteiger partial charge on any atom is 0 e. The summed E-state index contributed by atoms with van der Waals surface area (Å²) >= 11 is 0. The van der Waals surface area contributed by atoms with Crippen molar-refractivity contribution >= 4 is 18.5 Å². The molecule has 2 aromatic rings. The van der Waals surface area contributed by atoms with Crippen LogP contribution in [-0.4, -0.2) is 5.11 Å². The Kier molecular flexibility index (Phi) is 33.0. The summed E-state index contributed by atoms with van der Waals surface area (Å²) in [7, 11) is -0.718. The summed E-state index contributed by atoms with van der Waals surface area (Å²) in [6.45, 7) is 18.0. The molecule has 5 nitrogen and oxygen atoms in total. The van der Waals surface area contributed by atoms with Gasteiger partial charge in [0.05, 0.1) is 0 Å². The maximum Gasteiger partial charge on any atom is 0 e. The zero-order valence-corrected chi connectivity index (χ0v) is 14.3. The van der Waals surface area contributed by atoms with Gasteiger partial charge in [-0.3, -0.25) is 0 Å². The van der Waals surface area contributed by atoms with E-state index in [2.05, 4.69) is 26.6 Å². The second kappa shape index (κ2) is 26.2. The molecule has 0 heterocycles. The van der Waals surface area contributed by atoms with E-state index < -0.39 is 7.92 Å². The molecule has 0 aliphatic carbocycles. The molecule has 0 spiro atoms. The van der Waals surface area contributed by atoms with Crippen LogP contribution in [0.1, 0.15) is 0 Å². The van der Waals surface area contributed by atoms with Crippen molar-refractivity contribution in [3.8, 4) is 0 Å². The molecule has 0 atom stereocenters. The van der Waals surface area contributed by atoms with Crippen LogP contribution in [-0.2, 0) is 35.7 Å². The van der Waals surface area contributed by atoms with Crippen LogP contribution in [0.25, 0.3) is 0 Å². The number of aliphatic hydroxyl groups excluding tert-OH is 1. The normalized spacial score (nSPS) is 6.92. The van der Waals surface area contributed by atoms with Crippen LogP contribution in [0, 0.1) is 32.9 Å². The Balaban J connectivity index is -0.000000196. The fourth-order valence-electron chi connectivity index (χ4n) is 1.46. The minimum atomic E-state index is -0.718. The molecule has 0 aliphatic rings. The molecule has 0 aromatic heterocycles. The Hall–Kier alpha value is -1.69. The smallest absolute Gasteiger partial charge is 0 e. The maximum absolute atomic E-state index is 9.34. The summed E-state index contributed by atoms with van der Waals surface area (Å²) in [5.74, 6) is 0. The molecule has 0 unspecified atom stereocenters. The van der Waals surface area contributed by atoms with Gasteiger partial charge < -0.3 is 5.11 Å². The summed E-state index contributed by atoms with van der Waals surface area (Å²) in [5, 5.41) is 11.7. The first kappa shape index (κ1) is 30.2. The van der Waals surface area contributed by atoms with Gasteiger partial charge in [-0.25, -0.2) is 0 Å². The standard InChI is InChI=1S/C13H12OP.4CO.Mn/c14-11-15(12-7-3-1-4-8-12)13-9-5-2-6-10-13;4*1-2;/h1-11,14H;;;;;/q-1;;;;;. The number of aliphatic hydroxyl groups is 1.